The molecule has 0 aromatic rings. The Kier molecular flexibility index (Phi) is 7.03. The lowest BCUT2D eigenvalue weighted by atomic mass is 9.82. The van der Waals surface area contributed by atoms with Gasteiger partial charge in [0.05, 0.1) is 13.2 Å². The van der Waals surface area contributed by atoms with Crippen molar-refractivity contribution in [3.63, 3.8) is 0 Å². The molecule has 1 aliphatic heterocycles. The van der Waals surface area contributed by atoms with Crippen LogP contribution in [-0.2, 0) is 14.3 Å². The van der Waals surface area contributed by atoms with Gasteiger partial charge in [-0.25, -0.2) is 4.79 Å². The normalized spacial score (nSPS) is 26.1. The highest BCUT2D eigenvalue weighted by Crippen LogP contribution is 2.48. The van der Waals surface area contributed by atoms with E-state index >= 15 is 0 Å². The quantitative estimate of drug-likeness (QED) is 0.828. The minimum absolute atomic E-state index is 0.261. The average Bonchev–Trinajstić information content (AvgIpc) is 2.94. The van der Waals surface area contributed by atoms with E-state index in [1.165, 1.54) is 19.3 Å². The Morgan fingerprint density at radius 1 is 1.38 bits per heavy atom. The highest BCUT2D eigenvalue weighted by Gasteiger charge is 2.50. The molecule has 1 aliphatic carbocycles. The number of halogens is 3. The van der Waals surface area contributed by atoms with Crippen molar-refractivity contribution >= 4 is 11.9 Å². The highest BCUT2D eigenvalue weighted by atomic mass is 19.4. The zero-order chi connectivity index (χ0) is 18.5. The monoisotopic (exact) mass is 354 g/mol. The number of fused-ring (bicyclic) bond motifs is 1. The van der Waals surface area contributed by atoms with E-state index in [1.54, 1.807) is 7.11 Å². The van der Waals surface area contributed by atoms with Crippen molar-refractivity contribution in [1.82, 2.24) is 9.80 Å². The van der Waals surface area contributed by atoms with Gasteiger partial charge < -0.3 is 19.6 Å². The van der Waals surface area contributed by atoms with Crippen molar-refractivity contribution in [2.75, 3.05) is 47.4 Å². The Morgan fingerprint density at radius 2 is 1.96 bits per heavy atom. The molecule has 0 unspecified atom stereocenters. The van der Waals surface area contributed by atoms with Gasteiger partial charge in [-0.2, -0.15) is 13.2 Å². The van der Waals surface area contributed by atoms with Crippen molar-refractivity contribution < 1.29 is 32.6 Å². The number of carboxylic acid groups (broad SMARTS) is 1. The zero-order valence-corrected chi connectivity index (χ0v) is 14.2. The third kappa shape index (κ3) is 5.34. The fourth-order valence-electron chi connectivity index (χ4n) is 3.50. The molecule has 2 aliphatic rings. The van der Waals surface area contributed by atoms with Crippen molar-refractivity contribution in [3.8, 4) is 0 Å². The number of carbonyl (C=O) groups is 2. The first-order chi connectivity index (χ1) is 11.0. The third-order valence-corrected chi connectivity index (χ3v) is 4.52. The Morgan fingerprint density at radius 3 is 2.42 bits per heavy atom. The smallest absolute Gasteiger partial charge is 0.475 e. The van der Waals surface area contributed by atoms with Crippen LogP contribution < -0.4 is 0 Å². The fourth-order valence-corrected chi connectivity index (χ4v) is 3.50. The molecule has 2 rings (SSSR count). The van der Waals surface area contributed by atoms with Gasteiger partial charge in [-0.05, 0) is 32.9 Å². The molecular formula is C15H25F3N2O4. The molecule has 0 bridgehead atoms. The summed E-state index contributed by atoms with van der Waals surface area (Å²) in [6, 6.07) is 0. The van der Waals surface area contributed by atoms with Crippen LogP contribution in [0.3, 0.4) is 0 Å². The maximum absolute atomic E-state index is 12.1. The lowest BCUT2D eigenvalue weighted by Gasteiger charge is -2.27. The molecule has 1 saturated carbocycles. The lowest BCUT2D eigenvalue weighted by Crippen LogP contribution is -2.38. The number of hydrogen-bond donors (Lipinski definition) is 1. The second-order valence-corrected chi connectivity index (χ2v) is 6.70. The molecule has 140 valence electrons. The van der Waals surface area contributed by atoms with E-state index in [1.807, 2.05) is 23.9 Å². The SMILES string of the molecule is COC[C@@]12CCC[C@@H]1CN(C(=O)CN(C)C)C2.O=C(O)C(F)(F)F. The van der Waals surface area contributed by atoms with E-state index in [-0.39, 0.29) is 11.3 Å². The molecule has 0 aromatic heterocycles. The van der Waals surface area contributed by atoms with E-state index in [9.17, 15) is 18.0 Å². The van der Waals surface area contributed by atoms with Gasteiger partial charge in [0, 0.05) is 25.6 Å². The first-order valence-corrected chi connectivity index (χ1v) is 7.73. The first kappa shape index (κ1) is 20.7. The summed E-state index contributed by atoms with van der Waals surface area (Å²) in [4.78, 5) is 25.0. The van der Waals surface area contributed by atoms with Crippen LogP contribution >= 0.6 is 0 Å². The summed E-state index contributed by atoms with van der Waals surface area (Å²) in [6.07, 6.45) is -1.31. The van der Waals surface area contributed by atoms with Gasteiger partial charge in [0.15, 0.2) is 0 Å². The van der Waals surface area contributed by atoms with Crippen LogP contribution in [0.5, 0.6) is 0 Å². The molecule has 0 radical (unpaired) electrons. The van der Waals surface area contributed by atoms with Crippen molar-refractivity contribution in [3.05, 3.63) is 0 Å². The standard InChI is InChI=1S/C13H24N2O2.C2HF3O2/c1-14(2)8-12(16)15-7-11-5-4-6-13(11,9-15)10-17-3;3-2(4,5)1(6)7/h11H,4-10H2,1-3H3;(H,6,7)/t11-,13+;/m1./s1. The summed E-state index contributed by atoms with van der Waals surface area (Å²) >= 11 is 0. The number of likely N-dealkylation sites (tertiary alicyclic amines) is 1. The van der Waals surface area contributed by atoms with Gasteiger partial charge in [-0.15, -0.1) is 0 Å². The van der Waals surface area contributed by atoms with Gasteiger partial charge in [-0.3, -0.25) is 4.79 Å². The van der Waals surface area contributed by atoms with Gasteiger partial charge in [0.1, 0.15) is 0 Å². The molecule has 24 heavy (non-hydrogen) atoms. The lowest BCUT2D eigenvalue weighted by molar-refractivity contribution is -0.192. The maximum Gasteiger partial charge on any atom is 0.490 e. The molecule has 6 nitrogen and oxygen atoms in total. The number of carbonyl (C=O) groups excluding carboxylic acids is 1. The fraction of sp³-hybridized carbons (Fsp3) is 0.867. The molecule has 9 heteroatoms. The van der Waals surface area contributed by atoms with Crippen molar-refractivity contribution in [2.24, 2.45) is 11.3 Å². The van der Waals surface area contributed by atoms with Crippen LogP contribution in [0.4, 0.5) is 13.2 Å². The van der Waals surface area contributed by atoms with E-state index < -0.39 is 12.1 Å². The van der Waals surface area contributed by atoms with Gasteiger partial charge in [-0.1, -0.05) is 6.42 Å². The van der Waals surface area contributed by atoms with Crippen LogP contribution in [0.1, 0.15) is 19.3 Å². The summed E-state index contributed by atoms with van der Waals surface area (Å²) in [5.74, 6) is -1.83. The minimum Gasteiger partial charge on any atom is -0.475 e. The van der Waals surface area contributed by atoms with E-state index in [0.717, 1.165) is 19.7 Å². The number of alkyl halides is 3. The zero-order valence-electron chi connectivity index (χ0n) is 14.2. The summed E-state index contributed by atoms with van der Waals surface area (Å²) in [6.45, 7) is 3.17. The number of ether oxygens (including phenoxy) is 1. The predicted octanol–water partition coefficient (Wildman–Crippen LogP) is 1.46. The highest BCUT2D eigenvalue weighted by molar-refractivity contribution is 5.78. The second-order valence-electron chi connectivity index (χ2n) is 6.70. The molecule has 2 fully saturated rings. The largest absolute Gasteiger partial charge is 0.490 e. The predicted molar refractivity (Wildman–Crippen MR) is 80.5 cm³/mol. The van der Waals surface area contributed by atoms with Crippen molar-refractivity contribution in [2.45, 2.75) is 25.4 Å². The van der Waals surface area contributed by atoms with E-state index in [2.05, 4.69) is 0 Å². The third-order valence-electron chi connectivity index (χ3n) is 4.52. The Hall–Kier alpha value is -1.35. The van der Waals surface area contributed by atoms with Gasteiger partial charge in [0.2, 0.25) is 5.91 Å². The maximum atomic E-state index is 12.1. The van der Waals surface area contributed by atoms with Crippen LogP contribution in [0.25, 0.3) is 0 Å². The molecule has 1 amide bonds. The number of aliphatic carboxylic acids is 1. The van der Waals surface area contributed by atoms with Crippen LogP contribution in [0.15, 0.2) is 0 Å². The minimum atomic E-state index is -5.08. The molecule has 2 atom stereocenters. The van der Waals surface area contributed by atoms with Gasteiger partial charge >= 0.3 is 12.1 Å². The van der Waals surface area contributed by atoms with Crippen LogP contribution in [0, 0.1) is 11.3 Å². The second kappa shape index (κ2) is 8.15. The molecule has 0 aromatic carbocycles. The van der Waals surface area contributed by atoms with Crippen molar-refractivity contribution in [1.29, 1.82) is 0 Å². The number of carboxylic acids is 1. The summed E-state index contributed by atoms with van der Waals surface area (Å²) in [5.41, 5.74) is 0.261. The Bertz CT molecular complexity index is 456. The van der Waals surface area contributed by atoms with Crippen LogP contribution in [-0.4, -0.2) is 80.4 Å². The molecular weight excluding hydrogens is 329 g/mol. The average molecular weight is 354 g/mol. The summed E-state index contributed by atoms with van der Waals surface area (Å²) < 4.78 is 37.1. The molecule has 0 spiro atoms. The molecule has 1 heterocycles. The summed E-state index contributed by atoms with van der Waals surface area (Å²) in [7, 11) is 5.66. The first-order valence-electron chi connectivity index (χ1n) is 7.73. The molecule has 1 N–H and O–H groups in total. The number of hydrogen-bond acceptors (Lipinski definition) is 4. The topological polar surface area (TPSA) is 70.1 Å². The van der Waals surface area contributed by atoms with Gasteiger partial charge in [0.25, 0.3) is 0 Å². The number of rotatable bonds is 4. The number of methoxy groups -OCH3 is 1. The number of nitrogens with zero attached hydrogens (tertiary/aromatic N) is 2. The summed E-state index contributed by atoms with van der Waals surface area (Å²) in [5, 5.41) is 7.12. The number of amides is 1. The van der Waals surface area contributed by atoms with E-state index in [4.69, 9.17) is 14.6 Å². The molecule has 1 saturated heterocycles. The van der Waals surface area contributed by atoms with Crippen LogP contribution in [0.2, 0.25) is 0 Å². The number of likely N-dealkylation sites (N-methyl/N-ethyl adjacent to an activating group) is 1. The Labute approximate surface area is 139 Å². The Balaban J connectivity index is 0.000000351. The van der Waals surface area contributed by atoms with E-state index in [0.29, 0.717) is 12.5 Å².